The zero-order valence-electron chi connectivity index (χ0n) is 16.6. The third-order valence-corrected chi connectivity index (χ3v) is 4.71. The van der Waals surface area contributed by atoms with Crippen LogP contribution in [0.15, 0.2) is 59.4 Å². The van der Waals surface area contributed by atoms with E-state index in [1.54, 1.807) is 9.13 Å². The SMILES string of the molecule is CCCn1c(=O)n(CCC(=O)NCC(=O)NCc2ccccc2)c2ccccc21. The van der Waals surface area contributed by atoms with E-state index in [0.29, 0.717) is 13.1 Å². The number of nitrogens with zero attached hydrogens (tertiary/aromatic N) is 2. The molecule has 0 unspecified atom stereocenters. The van der Waals surface area contributed by atoms with Crippen molar-refractivity contribution in [3.63, 3.8) is 0 Å². The van der Waals surface area contributed by atoms with Crippen molar-refractivity contribution in [2.45, 2.75) is 39.4 Å². The molecule has 3 rings (SSSR count). The number of aryl methyl sites for hydroxylation is 2. The second-order valence-corrected chi connectivity index (χ2v) is 6.86. The molecule has 0 aliphatic rings. The summed E-state index contributed by atoms with van der Waals surface area (Å²) in [6.45, 7) is 3.27. The molecule has 0 fully saturated rings. The highest BCUT2D eigenvalue weighted by atomic mass is 16.2. The number of nitrogens with one attached hydrogen (secondary N) is 2. The van der Waals surface area contributed by atoms with E-state index in [1.165, 1.54) is 0 Å². The number of fused-ring (bicyclic) bond motifs is 1. The van der Waals surface area contributed by atoms with Crippen LogP contribution in [0, 0.1) is 0 Å². The van der Waals surface area contributed by atoms with Gasteiger partial charge in [0, 0.05) is 26.1 Å². The standard InChI is InChI=1S/C22H26N4O3/c1-2-13-25-18-10-6-7-11-19(18)26(22(25)29)14-12-20(27)24-16-21(28)23-15-17-8-4-3-5-9-17/h3-11H,2,12-16H2,1H3,(H,23,28)(H,24,27). The summed E-state index contributed by atoms with van der Waals surface area (Å²) in [5, 5.41) is 5.38. The van der Waals surface area contributed by atoms with Crippen LogP contribution in [-0.2, 0) is 29.2 Å². The molecule has 0 atom stereocenters. The second kappa shape index (κ2) is 9.73. The highest BCUT2D eigenvalue weighted by molar-refractivity contribution is 5.84. The van der Waals surface area contributed by atoms with Crippen molar-refractivity contribution in [2.75, 3.05) is 6.54 Å². The number of amides is 2. The van der Waals surface area contributed by atoms with Gasteiger partial charge in [0.1, 0.15) is 0 Å². The largest absolute Gasteiger partial charge is 0.350 e. The Bertz CT molecular complexity index is 1040. The topological polar surface area (TPSA) is 85.1 Å². The van der Waals surface area contributed by atoms with E-state index in [2.05, 4.69) is 10.6 Å². The van der Waals surface area contributed by atoms with Crippen LogP contribution >= 0.6 is 0 Å². The van der Waals surface area contributed by atoms with Crippen LogP contribution in [0.1, 0.15) is 25.3 Å². The van der Waals surface area contributed by atoms with E-state index >= 15 is 0 Å². The molecule has 0 aliphatic carbocycles. The summed E-state index contributed by atoms with van der Waals surface area (Å²) in [6, 6.07) is 17.2. The third-order valence-electron chi connectivity index (χ3n) is 4.71. The molecule has 2 N–H and O–H groups in total. The van der Waals surface area contributed by atoms with Gasteiger partial charge in [-0.15, -0.1) is 0 Å². The molecule has 3 aromatic rings. The van der Waals surface area contributed by atoms with Crippen molar-refractivity contribution >= 4 is 22.8 Å². The van der Waals surface area contributed by atoms with E-state index in [1.807, 2.05) is 61.5 Å². The molecule has 0 spiro atoms. The highest BCUT2D eigenvalue weighted by Gasteiger charge is 2.13. The summed E-state index contributed by atoms with van der Waals surface area (Å²) >= 11 is 0. The molecule has 2 aromatic carbocycles. The van der Waals surface area contributed by atoms with Gasteiger partial charge in [0.05, 0.1) is 17.6 Å². The fourth-order valence-electron chi connectivity index (χ4n) is 3.27. The van der Waals surface area contributed by atoms with Crippen molar-refractivity contribution in [1.82, 2.24) is 19.8 Å². The minimum Gasteiger partial charge on any atom is -0.350 e. The van der Waals surface area contributed by atoms with E-state index in [9.17, 15) is 14.4 Å². The maximum atomic E-state index is 12.7. The van der Waals surface area contributed by atoms with Crippen LogP contribution < -0.4 is 16.3 Å². The Morgan fingerprint density at radius 3 is 2.10 bits per heavy atom. The Labute approximate surface area is 169 Å². The van der Waals surface area contributed by atoms with Crippen LogP contribution in [0.5, 0.6) is 0 Å². The Morgan fingerprint density at radius 2 is 1.45 bits per heavy atom. The Morgan fingerprint density at radius 1 is 0.828 bits per heavy atom. The maximum Gasteiger partial charge on any atom is 0.329 e. The Balaban J connectivity index is 1.52. The fraction of sp³-hybridized carbons (Fsp3) is 0.318. The van der Waals surface area contributed by atoms with Crippen LogP contribution in [0.25, 0.3) is 11.0 Å². The van der Waals surface area contributed by atoms with Crippen LogP contribution in [0.2, 0.25) is 0 Å². The molecule has 0 saturated carbocycles. The molecule has 152 valence electrons. The van der Waals surface area contributed by atoms with Gasteiger partial charge in [-0.2, -0.15) is 0 Å². The zero-order valence-corrected chi connectivity index (χ0v) is 16.6. The maximum absolute atomic E-state index is 12.7. The second-order valence-electron chi connectivity index (χ2n) is 6.86. The number of imidazole rings is 1. The molecule has 1 heterocycles. The van der Waals surface area contributed by atoms with Gasteiger partial charge < -0.3 is 10.6 Å². The molecular formula is C22H26N4O3. The molecule has 7 heteroatoms. The van der Waals surface area contributed by atoms with Gasteiger partial charge in [-0.1, -0.05) is 49.4 Å². The molecule has 0 aliphatic heterocycles. The van der Waals surface area contributed by atoms with Gasteiger partial charge in [-0.25, -0.2) is 4.79 Å². The van der Waals surface area contributed by atoms with Crippen LogP contribution in [-0.4, -0.2) is 27.5 Å². The summed E-state index contributed by atoms with van der Waals surface area (Å²) in [5.74, 6) is -0.516. The van der Waals surface area contributed by atoms with Gasteiger partial charge in [-0.05, 0) is 24.1 Å². The van der Waals surface area contributed by atoms with Crippen molar-refractivity contribution in [3.05, 3.63) is 70.6 Å². The number of carbonyl (C=O) groups excluding carboxylic acids is 2. The highest BCUT2D eigenvalue weighted by Crippen LogP contribution is 2.13. The quantitative estimate of drug-likeness (QED) is 0.582. The minimum atomic E-state index is -0.265. The minimum absolute atomic E-state index is 0.0852. The normalized spacial score (nSPS) is 10.8. The number of hydrogen-bond acceptors (Lipinski definition) is 3. The lowest BCUT2D eigenvalue weighted by Crippen LogP contribution is -2.37. The number of rotatable bonds is 9. The number of para-hydroxylation sites is 2. The van der Waals surface area contributed by atoms with Crippen molar-refractivity contribution in [3.8, 4) is 0 Å². The van der Waals surface area contributed by atoms with Gasteiger partial charge >= 0.3 is 5.69 Å². The number of carbonyl (C=O) groups is 2. The molecule has 29 heavy (non-hydrogen) atoms. The Hall–Kier alpha value is -3.35. The fourth-order valence-corrected chi connectivity index (χ4v) is 3.27. The van der Waals surface area contributed by atoms with Gasteiger partial charge in [-0.3, -0.25) is 18.7 Å². The molecule has 0 bridgehead atoms. The third kappa shape index (κ3) is 5.13. The summed E-state index contributed by atoms with van der Waals surface area (Å²) in [6.07, 6.45) is 0.985. The lowest BCUT2D eigenvalue weighted by molar-refractivity contribution is -0.126. The van der Waals surface area contributed by atoms with Crippen molar-refractivity contribution < 1.29 is 9.59 Å². The first kappa shape index (κ1) is 20.4. The number of aromatic nitrogens is 2. The monoisotopic (exact) mass is 394 g/mol. The lowest BCUT2D eigenvalue weighted by atomic mass is 10.2. The summed E-state index contributed by atoms with van der Waals surface area (Å²) in [7, 11) is 0. The molecule has 2 amide bonds. The van der Waals surface area contributed by atoms with Crippen molar-refractivity contribution in [1.29, 1.82) is 0 Å². The first-order chi connectivity index (χ1) is 14.1. The predicted molar refractivity (Wildman–Crippen MR) is 112 cm³/mol. The van der Waals surface area contributed by atoms with Gasteiger partial charge in [0.2, 0.25) is 11.8 Å². The van der Waals surface area contributed by atoms with E-state index in [-0.39, 0.29) is 37.0 Å². The Kier molecular flexibility index (Phi) is 6.84. The summed E-state index contributed by atoms with van der Waals surface area (Å²) < 4.78 is 3.37. The van der Waals surface area contributed by atoms with E-state index in [4.69, 9.17) is 0 Å². The number of benzene rings is 2. The predicted octanol–water partition coefficient (Wildman–Crippen LogP) is 2.04. The van der Waals surface area contributed by atoms with Crippen LogP contribution in [0.3, 0.4) is 0 Å². The molecule has 1 aromatic heterocycles. The molecule has 0 saturated heterocycles. The van der Waals surface area contributed by atoms with E-state index in [0.717, 1.165) is 23.0 Å². The number of hydrogen-bond donors (Lipinski definition) is 2. The van der Waals surface area contributed by atoms with Crippen molar-refractivity contribution in [2.24, 2.45) is 0 Å². The summed E-state index contributed by atoms with van der Waals surface area (Å²) in [4.78, 5) is 36.8. The molecule has 0 radical (unpaired) electrons. The van der Waals surface area contributed by atoms with Crippen LogP contribution in [0.4, 0.5) is 0 Å². The molecule has 7 nitrogen and oxygen atoms in total. The lowest BCUT2D eigenvalue weighted by Gasteiger charge is -2.08. The van der Waals surface area contributed by atoms with E-state index < -0.39 is 0 Å². The van der Waals surface area contributed by atoms with Gasteiger partial charge in [0.25, 0.3) is 0 Å². The average molecular weight is 394 g/mol. The van der Waals surface area contributed by atoms with Gasteiger partial charge in [0.15, 0.2) is 0 Å². The zero-order chi connectivity index (χ0) is 20.6. The smallest absolute Gasteiger partial charge is 0.329 e. The average Bonchev–Trinajstić information content (AvgIpc) is 3.01. The summed E-state index contributed by atoms with van der Waals surface area (Å²) in [5.41, 5.74) is 2.58. The molecular weight excluding hydrogens is 368 g/mol. The first-order valence-corrected chi connectivity index (χ1v) is 9.85. The first-order valence-electron chi connectivity index (χ1n) is 9.85.